The molecule has 21 heavy (non-hydrogen) atoms. The Morgan fingerprint density at radius 2 is 1.81 bits per heavy atom. The molecular formula is C14H21NO5S. The number of methoxy groups -OCH3 is 2. The first-order valence-corrected chi connectivity index (χ1v) is 8.19. The molecule has 0 aliphatic heterocycles. The summed E-state index contributed by atoms with van der Waals surface area (Å²) in [6.07, 6.45) is 0. The first kappa shape index (κ1) is 17.3. The van der Waals surface area contributed by atoms with Crippen molar-refractivity contribution in [2.24, 2.45) is 5.92 Å². The summed E-state index contributed by atoms with van der Waals surface area (Å²) in [7, 11) is -0.568. The van der Waals surface area contributed by atoms with E-state index in [4.69, 9.17) is 9.47 Å². The van der Waals surface area contributed by atoms with E-state index in [-0.39, 0.29) is 29.0 Å². The molecule has 0 radical (unpaired) electrons. The molecule has 1 aromatic carbocycles. The monoisotopic (exact) mass is 315 g/mol. The highest BCUT2D eigenvalue weighted by Gasteiger charge is 2.18. The second-order valence-corrected chi connectivity index (χ2v) is 6.89. The molecule has 6 nitrogen and oxygen atoms in total. The third-order valence-corrected chi connectivity index (χ3v) is 4.62. The van der Waals surface area contributed by atoms with Crippen LogP contribution in [0.5, 0.6) is 11.5 Å². The average Bonchev–Trinajstić information content (AvgIpc) is 2.45. The van der Waals surface area contributed by atoms with Gasteiger partial charge >= 0.3 is 0 Å². The smallest absolute Gasteiger partial charge is 0.222 e. The maximum atomic E-state index is 12.2. The molecule has 7 heteroatoms. The van der Waals surface area contributed by atoms with E-state index in [9.17, 15) is 13.2 Å². The highest BCUT2D eigenvalue weighted by atomic mass is 32.2. The molecule has 0 aliphatic rings. The molecular weight excluding hydrogens is 294 g/mol. The van der Waals surface area contributed by atoms with Gasteiger partial charge in [0.2, 0.25) is 5.91 Å². The van der Waals surface area contributed by atoms with Crippen LogP contribution in [0.1, 0.15) is 13.8 Å². The molecule has 1 aromatic rings. The molecule has 1 rings (SSSR count). The second kappa shape index (κ2) is 7.31. The van der Waals surface area contributed by atoms with Crippen LogP contribution < -0.4 is 14.8 Å². The number of hydrogen-bond donors (Lipinski definition) is 1. The quantitative estimate of drug-likeness (QED) is 0.819. The SMILES string of the molecule is COc1ccc(S(=O)(=O)CCNC(=O)C(C)C)cc1OC. The number of ether oxygens (including phenoxy) is 2. The number of benzene rings is 1. The maximum Gasteiger partial charge on any atom is 0.222 e. The van der Waals surface area contributed by atoms with Gasteiger partial charge in [-0.3, -0.25) is 4.79 Å². The highest BCUT2D eigenvalue weighted by Crippen LogP contribution is 2.29. The number of nitrogens with one attached hydrogen (secondary N) is 1. The lowest BCUT2D eigenvalue weighted by atomic mass is 10.2. The van der Waals surface area contributed by atoms with Gasteiger partial charge in [-0.15, -0.1) is 0 Å². The van der Waals surface area contributed by atoms with Crippen molar-refractivity contribution in [3.05, 3.63) is 18.2 Å². The van der Waals surface area contributed by atoms with Gasteiger partial charge in [-0.25, -0.2) is 8.42 Å². The van der Waals surface area contributed by atoms with E-state index >= 15 is 0 Å². The molecule has 0 unspecified atom stereocenters. The first-order chi connectivity index (χ1) is 9.81. The Kier molecular flexibility index (Phi) is 6.02. The Bertz CT molecular complexity index is 595. The third kappa shape index (κ3) is 4.63. The third-order valence-electron chi connectivity index (χ3n) is 2.91. The van der Waals surface area contributed by atoms with Gasteiger partial charge in [0.05, 0.1) is 24.9 Å². The normalized spacial score (nSPS) is 11.3. The Hall–Kier alpha value is -1.76. The molecule has 0 aromatic heterocycles. The Morgan fingerprint density at radius 3 is 2.33 bits per heavy atom. The van der Waals surface area contributed by atoms with Gasteiger partial charge in [0, 0.05) is 18.5 Å². The molecule has 0 heterocycles. The van der Waals surface area contributed by atoms with Crippen molar-refractivity contribution in [1.82, 2.24) is 5.32 Å². The van der Waals surface area contributed by atoms with Gasteiger partial charge in [0.25, 0.3) is 0 Å². The summed E-state index contributed by atoms with van der Waals surface area (Å²) in [5.41, 5.74) is 0. The molecule has 1 N–H and O–H groups in total. The standard InChI is InChI=1S/C14H21NO5S/c1-10(2)14(16)15-7-8-21(17,18)11-5-6-12(19-3)13(9-11)20-4/h5-6,9-10H,7-8H2,1-4H3,(H,15,16). The fourth-order valence-corrected chi connectivity index (χ4v) is 2.81. The predicted octanol–water partition coefficient (Wildman–Crippen LogP) is 1.25. The molecule has 0 aliphatic carbocycles. The minimum absolute atomic E-state index is 0.0771. The zero-order valence-corrected chi connectivity index (χ0v) is 13.5. The van der Waals surface area contributed by atoms with Gasteiger partial charge in [0.15, 0.2) is 21.3 Å². The molecule has 0 saturated carbocycles. The number of sulfone groups is 1. The van der Waals surface area contributed by atoms with Crippen LogP contribution in [0.4, 0.5) is 0 Å². The molecule has 0 saturated heterocycles. The van der Waals surface area contributed by atoms with Crippen molar-refractivity contribution in [2.45, 2.75) is 18.7 Å². The van der Waals surface area contributed by atoms with Gasteiger partial charge < -0.3 is 14.8 Å². The number of hydrogen-bond acceptors (Lipinski definition) is 5. The Labute approximate surface area is 125 Å². The number of amides is 1. The van der Waals surface area contributed by atoms with Crippen molar-refractivity contribution in [1.29, 1.82) is 0 Å². The van der Waals surface area contributed by atoms with Gasteiger partial charge in [0.1, 0.15) is 0 Å². The van der Waals surface area contributed by atoms with Crippen molar-refractivity contribution < 1.29 is 22.7 Å². The molecule has 118 valence electrons. The summed E-state index contributed by atoms with van der Waals surface area (Å²) in [6.45, 7) is 3.57. The van der Waals surface area contributed by atoms with E-state index in [1.165, 1.54) is 26.4 Å². The highest BCUT2D eigenvalue weighted by molar-refractivity contribution is 7.91. The largest absolute Gasteiger partial charge is 0.493 e. The Balaban J connectivity index is 2.81. The van der Waals surface area contributed by atoms with Crippen LogP contribution in [-0.2, 0) is 14.6 Å². The lowest BCUT2D eigenvalue weighted by Crippen LogP contribution is -2.32. The minimum atomic E-state index is -3.49. The molecule has 1 amide bonds. The maximum absolute atomic E-state index is 12.2. The van der Waals surface area contributed by atoms with E-state index in [1.807, 2.05) is 0 Å². The van der Waals surface area contributed by atoms with Crippen molar-refractivity contribution >= 4 is 15.7 Å². The summed E-state index contributed by atoms with van der Waals surface area (Å²) in [5.74, 6) is 0.307. The van der Waals surface area contributed by atoms with Crippen molar-refractivity contribution in [3.8, 4) is 11.5 Å². The summed E-state index contributed by atoms with van der Waals surface area (Å²) < 4.78 is 34.6. The fraction of sp³-hybridized carbons (Fsp3) is 0.500. The van der Waals surface area contributed by atoms with E-state index < -0.39 is 9.84 Å². The Morgan fingerprint density at radius 1 is 1.19 bits per heavy atom. The van der Waals surface area contributed by atoms with E-state index in [2.05, 4.69) is 5.32 Å². The summed E-state index contributed by atoms with van der Waals surface area (Å²) in [5, 5.41) is 2.59. The van der Waals surface area contributed by atoms with Crippen LogP contribution >= 0.6 is 0 Å². The predicted molar refractivity (Wildman–Crippen MR) is 79.4 cm³/mol. The topological polar surface area (TPSA) is 81.7 Å². The van der Waals surface area contributed by atoms with Crippen LogP contribution in [-0.4, -0.2) is 40.8 Å². The van der Waals surface area contributed by atoms with Gasteiger partial charge in [-0.2, -0.15) is 0 Å². The zero-order valence-electron chi connectivity index (χ0n) is 12.7. The lowest BCUT2D eigenvalue weighted by molar-refractivity contribution is -0.123. The minimum Gasteiger partial charge on any atom is -0.493 e. The average molecular weight is 315 g/mol. The first-order valence-electron chi connectivity index (χ1n) is 6.54. The number of carbonyl (C=O) groups excluding carboxylic acids is 1. The van der Waals surface area contributed by atoms with E-state index in [1.54, 1.807) is 19.9 Å². The molecule has 0 atom stereocenters. The van der Waals surface area contributed by atoms with Crippen LogP contribution in [0.25, 0.3) is 0 Å². The summed E-state index contributed by atoms with van der Waals surface area (Å²) in [4.78, 5) is 11.5. The van der Waals surface area contributed by atoms with Crippen LogP contribution in [0.3, 0.4) is 0 Å². The molecule has 0 fully saturated rings. The van der Waals surface area contributed by atoms with E-state index in [0.717, 1.165) is 0 Å². The molecule has 0 bridgehead atoms. The fourth-order valence-electron chi connectivity index (χ4n) is 1.64. The van der Waals surface area contributed by atoms with E-state index in [0.29, 0.717) is 11.5 Å². The summed E-state index contributed by atoms with van der Waals surface area (Å²) in [6, 6.07) is 4.41. The lowest BCUT2D eigenvalue weighted by Gasteiger charge is -2.11. The number of rotatable bonds is 7. The molecule has 0 spiro atoms. The summed E-state index contributed by atoms with van der Waals surface area (Å²) >= 11 is 0. The zero-order chi connectivity index (χ0) is 16.0. The number of carbonyl (C=O) groups is 1. The van der Waals surface area contributed by atoms with Gasteiger partial charge in [-0.1, -0.05) is 13.8 Å². The second-order valence-electron chi connectivity index (χ2n) is 4.78. The van der Waals surface area contributed by atoms with Crippen molar-refractivity contribution in [2.75, 3.05) is 26.5 Å². The van der Waals surface area contributed by atoms with Gasteiger partial charge in [-0.05, 0) is 12.1 Å². The van der Waals surface area contributed by atoms with Crippen LogP contribution in [0.2, 0.25) is 0 Å². The van der Waals surface area contributed by atoms with Crippen molar-refractivity contribution in [3.63, 3.8) is 0 Å². The van der Waals surface area contributed by atoms with Crippen LogP contribution in [0.15, 0.2) is 23.1 Å². The van der Waals surface area contributed by atoms with Crippen LogP contribution in [0, 0.1) is 5.92 Å².